The van der Waals surface area contributed by atoms with Crippen molar-refractivity contribution in [2.75, 3.05) is 13.7 Å². The third-order valence-electron chi connectivity index (χ3n) is 5.23. The van der Waals surface area contributed by atoms with Gasteiger partial charge in [0.2, 0.25) is 0 Å². The fraction of sp³-hybridized carbons (Fsp3) is 0.174. The van der Waals surface area contributed by atoms with Gasteiger partial charge in [0, 0.05) is 0 Å². The van der Waals surface area contributed by atoms with E-state index >= 15 is 0 Å². The lowest BCUT2D eigenvalue weighted by molar-refractivity contribution is -0.138. The topological polar surface area (TPSA) is 77.1 Å². The van der Waals surface area contributed by atoms with Crippen LogP contribution in [0, 0.1) is 0 Å². The molecule has 1 unspecified atom stereocenters. The first-order valence-corrected chi connectivity index (χ1v) is 9.37. The number of rotatable bonds is 4. The zero-order valence-corrected chi connectivity index (χ0v) is 16.5. The molecule has 0 saturated carbocycles. The monoisotopic (exact) mass is 428 g/mol. The molecular weight excluding hydrogens is 409 g/mol. The van der Waals surface area contributed by atoms with Crippen molar-refractivity contribution in [2.24, 2.45) is 10.7 Å². The van der Waals surface area contributed by atoms with Crippen LogP contribution in [-0.4, -0.2) is 24.8 Å². The molecule has 0 aliphatic carbocycles. The predicted molar refractivity (Wildman–Crippen MR) is 110 cm³/mol. The summed E-state index contributed by atoms with van der Waals surface area (Å²) in [6.07, 6.45) is -4.61. The summed E-state index contributed by atoms with van der Waals surface area (Å²) < 4.78 is 51.2. The Hall–Kier alpha value is -3.68. The SMILES string of the molecule is COc1ccc(C2(c3cccc(-c4cccc(O)c4)c3)COC(N)=N2)cc1C(F)(F)F. The number of ether oxygens (including phenoxy) is 2. The number of benzene rings is 3. The molecule has 0 amide bonds. The van der Waals surface area contributed by atoms with Crippen LogP contribution in [0.2, 0.25) is 0 Å². The first-order chi connectivity index (χ1) is 14.7. The van der Waals surface area contributed by atoms with Gasteiger partial charge in [-0.1, -0.05) is 36.4 Å². The average molecular weight is 428 g/mol. The number of methoxy groups -OCH3 is 1. The number of amidine groups is 1. The van der Waals surface area contributed by atoms with Gasteiger partial charge >= 0.3 is 6.18 Å². The Balaban J connectivity index is 1.89. The van der Waals surface area contributed by atoms with Gasteiger partial charge in [-0.15, -0.1) is 0 Å². The van der Waals surface area contributed by atoms with Crippen molar-refractivity contribution in [1.82, 2.24) is 0 Å². The summed E-state index contributed by atoms with van der Waals surface area (Å²) in [4.78, 5) is 4.41. The number of nitrogens with zero attached hydrogens (tertiary/aromatic N) is 1. The minimum absolute atomic E-state index is 0.0497. The van der Waals surface area contributed by atoms with E-state index in [1.54, 1.807) is 36.4 Å². The molecular formula is C23H19F3N2O3. The molecule has 1 aliphatic heterocycles. The highest BCUT2D eigenvalue weighted by Crippen LogP contribution is 2.43. The zero-order chi connectivity index (χ0) is 22.2. The molecule has 0 fully saturated rings. The van der Waals surface area contributed by atoms with Gasteiger partial charge in [-0.2, -0.15) is 13.2 Å². The van der Waals surface area contributed by atoms with Gasteiger partial charge in [0.05, 0.1) is 12.7 Å². The molecule has 0 aromatic heterocycles. The van der Waals surface area contributed by atoms with Gasteiger partial charge < -0.3 is 20.3 Å². The van der Waals surface area contributed by atoms with Crippen LogP contribution in [-0.2, 0) is 16.5 Å². The number of hydrogen-bond acceptors (Lipinski definition) is 5. The number of hydrogen-bond donors (Lipinski definition) is 2. The Kier molecular flexibility index (Phi) is 5.00. The van der Waals surface area contributed by atoms with E-state index in [9.17, 15) is 18.3 Å². The number of phenols is 1. The number of aliphatic imine (C=N–C) groups is 1. The molecule has 31 heavy (non-hydrogen) atoms. The van der Waals surface area contributed by atoms with Crippen LogP contribution in [0.3, 0.4) is 0 Å². The van der Waals surface area contributed by atoms with Crippen LogP contribution in [0.1, 0.15) is 16.7 Å². The third-order valence-corrected chi connectivity index (χ3v) is 5.23. The van der Waals surface area contributed by atoms with E-state index in [0.717, 1.165) is 17.2 Å². The maximum Gasteiger partial charge on any atom is 0.419 e. The van der Waals surface area contributed by atoms with Gasteiger partial charge in [0.25, 0.3) is 6.02 Å². The van der Waals surface area contributed by atoms with Crippen LogP contribution in [0.5, 0.6) is 11.5 Å². The summed E-state index contributed by atoms with van der Waals surface area (Å²) in [5.41, 5.74) is 6.00. The summed E-state index contributed by atoms with van der Waals surface area (Å²) in [6, 6.07) is 17.6. The van der Waals surface area contributed by atoms with E-state index < -0.39 is 17.3 Å². The highest BCUT2D eigenvalue weighted by Gasteiger charge is 2.43. The molecule has 0 radical (unpaired) electrons. The minimum Gasteiger partial charge on any atom is -0.508 e. The van der Waals surface area contributed by atoms with E-state index in [1.165, 1.54) is 19.2 Å². The van der Waals surface area contributed by atoms with Gasteiger partial charge in [-0.3, -0.25) is 0 Å². The second kappa shape index (κ2) is 7.54. The molecule has 160 valence electrons. The molecule has 5 nitrogen and oxygen atoms in total. The van der Waals surface area contributed by atoms with Crippen molar-refractivity contribution in [3.05, 3.63) is 83.4 Å². The zero-order valence-electron chi connectivity index (χ0n) is 16.5. The molecule has 4 rings (SSSR count). The standard InChI is InChI=1S/C23H19F3N2O3/c1-30-20-9-8-17(12-19(20)23(24,25)26)22(13-31-21(27)28-22)16-6-2-4-14(10-16)15-5-3-7-18(29)11-15/h2-12,29H,13H2,1H3,(H2,27,28). The molecule has 0 bridgehead atoms. The summed E-state index contributed by atoms with van der Waals surface area (Å²) >= 11 is 0. The molecule has 8 heteroatoms. The van der Waals surface area contributed by atoms with E-state index in [2.05, 4.69) is 4.99 Å². The van der Waals surface area contributed by atoms with E-state index in [-0.39, 0.29) is 29.7 Å². The summed E-state index contributed by atoms with van der Waals surface area (Å²) in [5, 5.41) is 9.80. The average Bonchev–Trinajstić information content (AvgIpc) is 3.15. The van der Waals surface area contributed by atoms with Crippen LogP contribution >= 0.6 is 0 Å². The molecule has 3 aromatic rings. The highest BCUT2D eigenvalue weighted by molar-refractivity contribution is 5.76. The summed E-state index contributed by atoms with van der Waals surface area (Å²) in [5.74, 6) is -0.176. The lowest BCUT2D eigenvalue weighted by atomic mass is 9.82. The Bertz CT molecular complexity index is 1160. The fourth-order valence-electron chi connectivity index (χ4n) is 3.72. The van der Waals surface area contributed by atoms with Crippen LogP contribution in [0.4, 0.5) is 13.2 Å². The molecule has 3 N–H and O–H groups in total. The van der Waals surface area contributed by atoms with Crippen molar-refractivity contribution >= 4 is 6.02 Å². The summed E-state index contributed by atoms with van der Waals surface area (Å²) in [7, 11) is 1.19. The van der Waals surface area contributed by atoms with Crippen LogP contribution in [0.15, 0.2) is 71.7 Å². The number of halogens is 3. The third kappa shape index (κ3) is 3.76. The first-order valence-electron chi connectivity index (χ1n) is 9.37. The molecule has 0 spiro atoms. The number of aromatic hydroxyl groups is 1. The van der Waals surface area contributed by atoms with Gasteiger partial charge in [0.15, 0.2) is 5.54 Å². The molecule has 1 atom stereocenters. The number of alkyl halides is 3. The normalized spacial score (nSPS) is 18.4. The highest BCUT2D eigenvalue weighted by atomic mass is 19.4. The first kappa shape index (κ1) is 20.6. The smallest absolute Gasteiger partial charge is 0.419 e. The second-order valence-electron chi connectivity index (χ2n) is 7.14. The number of nitrogens with two attached hydrogens (primary N) is 1. The largest absolute Gasteiger partial charge is 0.508 e. The molecule has 0 saturated heterocycles. The van der Waals surface area contributed by atoms with Crippen LogP contribution in [0.25, 0.3) is 11.1 Å². The Morgan fingerprint density at radius 1 is 1.00 bits per heavy atom. The lowest BCUT2D eigenvalue weighted by Gasteiger charge is -2.27. The van der Waals surface area contributed by atoms with Crippen LogP contribution < -0.4 is 10.5 Å². The maximum absolute atomic E-state index is 13.6. The Morgan fingerprint density at radius 2 is 1.68 bits per heavy atom. The van der Waals surface area contributed by atoms with E-state index in [4.69, 9.17) is 15.2 Å². The van der Waals surface area contributed by atoms with Crippen molar-refractivity contribution in [2.45, 2.75) is 11.7 Å². The maximum atomic E-state index is 13.6. The minimum atomic E-state index is -4.61. The van der Waals surface area contributed by atoms with E-state index in [0.29, 0.717) is 5.56 Å². The molecule has 1 aliphatic rings. The van der Waals surface area contributed by atoms with Crippen molar-refractivity contribution in [1.29, 1.82) is 0 Å². The Labute approximate surface area is 176 Å². The van der Waals surface area contributed by atoms with Crippen molar-refractivity contribution in [3.63, 3.8) is 0 Å². The van der Waals surface area contributed by atoms with Crippen molar-refractivity contribution in [3.8, 4) is 22.6 Å². The van der Waals surface area contributed by atoms with Gasteiger partial charge in [0.1, 0.15) is 18.1 Å². The van der Waals surface area contributed by atoms with E-state index in [1.807, 2.05) is 12.1 Å². The van der Waals surface area contributed by atoms with Gasteiger partial charge in [-0.25, -0.2) is 4.99 Å². The summed E-state index contributed by atoms with van der Waals surface area (Å²) in [6.45, 7) is -0.0497. The number of phenolic OH excluding ortho intramolecular Hbond substituents is 1. The fourth-order valence-corrected chi connectivity index (χ4v) is 3.72. The lowest BCUT2D eigenvalue weighted by Crippen LogP contribution is -2.28. The predicted octanol–water partition coefficient (Wildman–Crippen LogP) is 4.68. The quantitative estimate of drug-likeness (QED) is 0.633. The van der Waals surface area contributed by atoms with Gasteiger partial charge in [-0.05, 0) is 52.6 Å². The Morgan fingerprint density at radius 3 is 2.29 bits per heavy atom. The van der Waals surface area contributed by atoms with Crippen molar-refractivity contribution < 1.29 is 27.8 Å². The second-order valence-corrected chi connectivity index (χ2v) is 7.14. The molecule has 3 aromatic carbocycles. The molecule has 1 heterocycles.